The number of fused-ring (bicyclic) bond motifs is 1. The molecule has 7 nitrogen and oxygen atoms in total. The van der Waals surface area contributed by atoms with Crippen molar-refractivity contribution in [3.05, 3.63) is 107 Å². The highest BCUT2D eigenvalue weighted by molar-refractivity contribution is 7.48. The molecule has 0 radical (unpaired) electrons. The molecule has 8 heteroatoms. The van der Waals surface area contributed by atoms with Gasteiger partial charge >= 0.3 is 7.82 Å². The number of hydrogen-bond donors (Lipinski definition) is 0. The third kappa shape index (κ3) is 6.07. The zero-order chi connectivity index (χ0) is 27.3. The summed E-state index contributed by atoms with van der Waals surface area (Å²) in [5.74, 6) is 2.06. The highest BCUT2D eigenvalue weighted by atomic mass is 31.2. The fraction of sp³-hybridized carbons (Fsp3) is 0.355. The average Bonchev–Trinajstić information content (AvgIpc) is 3.32. The van der Waals surface area contributed by atoms with Crippen LogP contribution >= 0.6 is 7.82 Å². The molecule has 39 heavy (non-hydrogen) atoms. The van der Waals surface area contributed by atoms with Crippen molar-refractivity contribution in [1.82, 2.24) is 4.90 Å². The van der Waals surface area contributed by atoms with Crippen LogP contribution in [0.3, 0.4) is 0 Å². The third-order valence-electron chi connectivity index (χ3n) is 7.82. The maximum absolute atomic E-state index is 14.0. The van der Waals surface area contributed by atoms with Crippen LogP contribution in [0.2, 0.25) is 0 Å². The topological polar surface area (TPSA) is 66.5 Å². The summed E-state index contributed by atoms with van der Waals surface area (Å²) in [6, 6.07) is 25.6. The van der Waals surface area contributed by atoms with Gasteiger partial charge in [-0.25, -0.2) is 4.57 Å². The van der Waals surface area contributed by atoms with E-state index in [9.17, 15) is 4.57 Å². The molecule has 0 spiro atoms. The van der Waals surface area contributed by atoms with Gasteiger partial charge in [0.05, 0.1) is 27.4 Å². The SMILES string of the molecule is COc1ccc([C@@]23CC=C(OP(=O)(OCc4ccccc4)OCc4ccccc4)C[C@@H]2N(C)CC3)cc1OC. The number of nitrogens with zero attached hydrogens (tertiary/aromatic N) is 1. The molecule has 1 aliphatic carbocycles. The van der Waals surface area contributed by atoms with Crippen molar-refractivity contribution in [2.24, 2.45) is 0 Å². The Morgan fingerprint density at radius 1 is 0.872 bits per heavy atom. The molecule has 1 aliphatic heterocycles. The second kappa shape index (κ2) is 12.0. The van der Waals surface area contributed by atoms with Crippen LogP contribution in [-0.2, 0) is 36.8 Å². The second-order valence-electron chi connectivity index (χ2n) is 10.1. The number of phosphoric acid groups is 1. The lowest BCUT2D eigenvalue weighted by atomic mass is 9.68. The summed E-state index contributed by atoms with van der Waals surface area (Å²) in [6.45, 7) is 1.20. The first-order valence-corrected chi connectivity index (χ1v) is 14.7. The van der Waals surface area contributed by atoms with E-state index in [1.54, 1.807) is 14.2 Å². The molecule has 1 saturated heterocycles. The summed E-state index contributed by atoms with van der Waals surface area (Å²) in [4.78, 5) is 2.35. The normalized spacial score (nSPS) is 21.2. The van der Waals surface area contributed by atoms with Gasteiger partial charge in [0.2, 0.25) is 0 Å². The summed E-state index contributed by atoms with van der Waals surface area (Å²) in [5.41, 5.74) is 2.88. The van der Waals surface area contributed by atoms with Crippen LogP contribution in [0.25, 0.3) is 0 Å². The Balaban J connectivity index is 1.38. The van der Waals surface area contributed by atoms with Crippen LogP contribution in [0.15, 0.2) is 90.7 Å². The third-order valence-corrected chi connectivity index (χ3v) is 9.17. The van der Waals surface area contributed by atoms with Crippen molar-refractivity contribution in [2.45, 2.75) is 43.9 Å². The van der Waals surface area contributed by atoms with E-state index in [0.717, 1.165) is 36.3 Å². The van der Waals surface area contributed by atoms with Crippen molar-refractivity contribution in [3.63, 3.8) is 0 Å². The minimum Gasteiger partial charge on any atom is -0.493 e. The molecule has 0 N–H and O–H groups in total. The van der Waals surface area contributed by atoms with Gasteiger partial charge in [-0.05, 0) is 61.3 Å². The minimum absolute atomic E-state index is 0.110. The maximum Gasteiger partial charge on any atom is 0.530 e. The molecule has 5 rings (SSSR count). The zero-order valence-corrected chi connectivity index (χ0v) is 23.6. The van der Waals surface area contributed by atoms with Crippen molar-refractivity contribution in [3.8, 4) is 11.5 Å². The molecule has 0 bridgehead atoms. The van der Waals surface area contributed by atoms with Gasteiger partial charge in [-0.3, -0.25) is 9.05 Å². The van der Waals surface area contributed by atoms with E-state index < -0.39 is 7.82 Å². The van der Waals surface area contributed by atoms with E-state index >= 15 is 0 Å². The Morgan fingerprint density at radius 2 is 1.49 bits per heavy atom. The lowest BCUT2D eigenvalue weighted by molar-refractivity contribution is 0.112. The summed E-state index contributed by atoms with van der Waals surface area (Å²) < 4.78 is 42.9. The van der Waals surface area contributed by atoms with Crippen molar-refractivity contribution in [1.29, 1.82) is 0 Å². The highest BCUT2D eigenvalue weighted by Crippen LogP contribution is 2.56. The van der Waals surface area contributed by atoms with Crippen molar-refractivity contribution >= 4 is 7.82 Å². The van der Waals surface area contributed by atoms with Crippen LogP contribution in [0.4, 0.5) is 0 Å². The molecule has 2 atom stereocenters. The number of benzene rings is 3. The Labute approximate surface area is 230 Å². The molecule has 3 aromatic carbocycles. The molecule has 0 saturated carbocycles. The predicted octanol–water partition coefficient (Wildman–Crippen LogP) is 6.88. The molecule has 3 aromatic rings. The van der Waals surface area contributed by atoms with E-state index in [1.165, 1.54) is 5.56 Å². The minimum atomic E-state index is -3.92. The number of methoxy groups -OCH3 is 2. The lowest BCUT2D eigenvalue weighted by Crippen LogP contribution is -2.43. The van der Waals surface area contributed by atoms with Gasteiger partial charge in [0.25, 0.3) is 0 Å². The summed E-state index contributed by atoms with van der Waals surface area (Å²) in [5, 5.41) is 0. The smallest absolute Gasteiger partial charge is 0.493 e. The Hall–Kier alpha value is -3.09. The standard InChI is InChI=1S/C31H36NO6P/c1-32-19-18-31(26-14-15-28(34-2)29(20-26)35-3)17-16-27(21-30(31)32)38-39(33,36-22-24-10-6-4-7-11-24)37-23-25-12-8-5-9-13-25/h4-16,20,30H,17-19,21-23H2,1-3H3/t30-,31-/m0/s1. The van der Waals surface area contributed by atoms with Crippen LogP contribution in [0.1, 0.15) is 36.0 Å². The molecule has 0 amide bonds. The van der Waals surface area contributed by atoms with Gasteiger partial charge in [0, 0.05) is 17.9 Å². The van der Waals surface area contributed by atoms with Gasteiger partial charge < -0.3 is 18.9 Å². The van der Waals surface area contributed by atoms with Crippen LogP contribution < -0.4 is 9.47 Å². The molecule has 0 unspecified atom stereocenters. The molecule has 2 aliphatic rings. The average molecular weight is 550 g/mol. The Kier molecular flexibility index (Phi) is 8.43. The molecule has 1 heterocycles. The summed E-state index contributed by atoms with van der Waals surface area (Å²) in [6.07, 6.45) is 4.39. The first-order valence-electron chi connectivity index (χ1n) is 13.2. The van der Waals surface area contributed by atoms with E-state index in [2.05, 4.69) is 30.2 Å². The Morgan fingerprint density at radius 3 is 2.08 bits per heavy atom. The molecular formula is C31H36NO6P. The van der Waals surface area contributed by atoms with Crippen molar-refractivity contribution < 1.29 is 27.6 Å². The fourth-order valence-corrected chi connectivity index (χ4v) is 6.87. The number of rotatable bonds is 11. The van der Waals surface area contributed by atoms with Gasteiger partial charge in [-0.2, -0.15) is 0 Å². The zero-order valence-electron chi connectivity index (χ0n) is 22.7. The number of likely N-dealkylation sites (N-methyl/N-ethyl adjacent to an activating group) is 1. The first-order chi connectivity index (χ1) is 18.9. The number of allylic oxidation sites excluding steroid dienone is 1. The van der Waals surface area contributed by atoms with Gasteiger partial charge in [-0.15, -0.1) is 0 Å². The first kappa shape index (κ1) is 27.5. The molecule has 0 aromatic heterocycles. The van der Waals surface area contributed by atoms with E-state index in [-0.39, 0.29) is 24.7 Å². The van der Waals surface area contributed by atoms with E-state index in [1.807, 2.05) is 66.7 Å². The molecular weight excluding hydrogens is 513 g/mol. The molecule has 206 valence electrons. The van der Waals surface area contributed by atoms with Crippen LogP contribution in [-0.4, -0.2) is 38.8 Å². The number of phosphoric ester groups is 1. The quantitative estimate of drug-likeness (QED) is 0.242. The van der Waals surface area contributed by atoms with E-state index in [4.69, 9.17) is 23.0 Å². The lowest BCUT2D eigenvalue weighted by Gasteiger charge is -2.41. The summed E-state index contributed by atoms with van der Waals surface area (Å²) in [7, 11) is 1.52. The van der Waals surface area contributed by atoms with Crippen LogP contribution in [0, 0.1) is 0 Å². The summed E-state index contributed by atoms with van der Waals surface area (Å²) >= 11 is 0. The second-order valence-corrected chi connectivity index (χ2v) is 11.7. The Bertz CT molecular complexity index is 1280. The van der Waals surface area contributed by atoms with Gasteiger partial charge in [0.1, 0.15) is 5.76 Å². The van der Waals surface area contributed by atoms with Crippen LogP contribution in [0.5, 0.6) is 11.5 Å². The monoisotopic (exact) mass is 549 g/mol. The predicted molar refractivity (Wildman–Crippen MR) is 151 cm³/mol. The number of ether oxygens (including phenoxy) is 2. The van der Waals surface area contributed by atoms with Gasteiger partial charge in [0.15, 0.2) is 11.5 Å². The highest BCUT2D eigenvalue weighted by Gasteiger charge is 2.50. The number of hydrogen-bond acceptors (Lipinski definition) is 7. The fourth-order valence-electron chi connectivity index (χ4n) is 5.64. The molecule has 1 fully saturated rings. The van der Waals surface area contributed by atoms with Gasteiger partial charge in [-0.1, -0.05) is 66.7 Å². The van der Waals surface area contributed by atoms with Crippen molar-refractivity contribution in [2.75, 3.05) is 27.8 Å². The number of likely N-dealkylation sites (tertiary alicyclic amines) is 1. The van der Waals surface area contributed by atoms with E-state index in [0.29, 0.717) is 17.9 Å². The largest absolute Gasteiger partial charge is 0.530 e. The maximum atomic E-state index is 14.0.